The third kappa shape index (κ3) is 5.81. The molecule has 2 fully saturated rings. The first-order valence-electron chi connectivity index (χ1n) is 10.0. The maximum absolute atomic E-state index is 12.0. The van der Waals surface area contributed by atoms with Crippen molar-refractivity contribution in [1.82, 2.24) is 10.9 Å². The fourth-order valence-corrected chi connectivity index (χ4v) is 4.16. The Morgan fingerprint density at radius 1 is 1.11 bits per heavy atom. The Labute approximate surface area is 165 Å². The van der Waals surface area contributed by atoms with Gasteiger partial charge in [-0.05, 0) is 50.2 Å². The van der Waals surface area contributed by atoms with Gasteiger partial charge in [-0.3, -0.25) is 10.2 Å². The van der Waals surface area contributed by atoms with Gasteiger partial charge in [0.25, 0.3) is 0 Å². The summed E-state index contributed by atoms with van der Waals surface area (Å²) in [6, 6.07) is 9.03. The number of unbranched alkanes of at least 4 members (excludes halogenated alkanes) is 1. The second-order valence-electron chi connectivity index (χ2n) is 7.44. The van der Waals surface area contributed by atoms with E-state index in [0.717, 1.165) is 31.4 Å². The number of para-hydroxylation sites is 1. The molecule has 3 rings (SSSR count). The number of hydrazine groups is 1. The molecule has 0 aromatic heterocycles. The van der Waals surface area contributed by atoms with Crippen LogP contribution in [0.4, 0.5) is 10.5 Å². The molecule has 152 valence electrons. The molecule has 2 bridgehead atoms. The fourth-order valence-electron chi connectivity index (χ4n) is 4.16. The molecule has 1 aromatic carbocycles. The maximum atomic E-state index is 12.0. The molecule has 1 aromatic rings. The van der Waals surface area contributed by atoms with Gasteiger partial charge in [-0.25, -0.2) is 10.2 Å². The van der Waals surface area contributed by atoms with E-state index in [0.29, 0.717) is 30.9 Å². The van der Waals surface area contributed by atoms with Gasteiger partial charge in [-0.1, -0.05) is 30.4 Å². The van der Waals surface area contributed by atoms with E-state index in [9.17, 15) is 9.59 Å². The molecule has 2 heterocycles. The lowest BCUT2D eigenvalue weighted by atomic mass is 9.77. The standard InChI is InChI=1S/C21H29N3O4/c25-20(26)11-7-2-1-6-10-16-17(19-13-12-18(16)28-19)14-22-24-21(27)23-15-8-4-3-5-9-15/h1,3-6,8-9,16-19,22H,2,7,10-14H2,(H,25,26)(H2,23,24,27)/b6-1-/t16-,17+,18+,19-/m1/s1. The largest absolute Gasteiger partial charge is 0.481 e. The van der Waals surface area contributed by atoms with Crippen LogP contribution >= 0.6 is 0 Å². The summed E-state index contributed by atoms with van der Waals surface area (Å²) in [5.41, 5.74) is 6.50. The summed E-state index contributed by atoms with van der Waals surface area (Å²) in [5, 5.41) is 11.4. The summed E-state index contributed by atoms with van der Waals surface area (Å²) in [4.78, 5) is 22.5. The molecule has 0 unspecified atom stereocenters. The van der Waals surface area contributed by atoms with Crippen molar-refractivity contribution in [1.29, 1.82) is 0 Å². The van der Waals surface area contributed by atoms with Crippen molar-refractivity contribution < 1.29 is 19.4 Å². The molecule has 2 amide bonds. The predicted molar refractivity (Wildman–Crippen MR) is 107 cm³/mol. The average Bonchev–Trinajstić information content (AvgIpc) is 3.27. The van der Waals surface area contributed by atoms with Crippen LogP contribution < -0.4 is 16.2 Å². The van der Waals surface area contributed by atoms with Crippen LogP contribution in [0.25, 0.3) is 0 Å². The molecule has 7 nitrogen and oxygen atoms in total. The van der Waals surface area contributed by atoms with E-state index in [1.807, 2.05) is 30.3 Å². The highest BCUT2D eigenvalue weighted by Gasteiger charge is 2.47. The Morgan fingerprint density at radius 3 is 2.61 bits per heavy atom. The van der Waals surface area contributed by atoms with Crippen molar-refractivity contribution in [2.45, 2.75) is 50.7 Å². The topological polar surface area (TPSA) is 99.7 Å². The minimum atomic E-state index is -0.746. The average molecular weight is 387 g/mol. The van der Waals surface area contributed by atoms with Crippen molar-refractivity contribution in [3.8, 4) is 0 Å². The van der Waals surface area contributed by atoms with Gasteiger partial charge < -0.3 is 15.2 Å². The van der Waals surface area contributed by atoms with Gasteiger partial charge in [-0.2, -0.15) is 0 Å². The number of amides is 2. The molecule has 0 spiro atoms. The highest BCUT2D eigenvalue weighted by atomic mass is 16.5. The lowest BCUT2D eigenvalue weighted by Crippen LogP contribution is -2.45. The zero-order valence-electron chi connectivity index (χ0n) is 16.0. The molecule has 4 atom stereocenters. The van der Waals surface area contributed by atoms with E-state index < -0.39 is 5.97 Å². The van der Waals surface area contributed by atoms with Crippen molar-refractivity contribution >= 4 is 17.7 Å². The molecule has 0 aliphatic carbocycles. The van der Waals surface area contributed by atoms with E-state index >= 15 is 0 Å². The first-order valence-corrected chi connectivity index (χ1v) is 10.0. The zero-order valence-corrected chi connectivity index (χ0v) is 16.0. The van der Waals surface area contributed by atoms with Crippen LogP contribution in [-0.4, -0.2) is 35.9 Å². The quantitative estimate of drug-likeness (QED) is 0.280. The number of carboxylic acid groups (broad SMARTS) is 1. The first kappa shape index (κ1) is 20.4. The third-order valence-electron chi connectivity index (χ3n) is 5.50. The van der Waals surface area contributed by atoms with Crippen LogP contribution in [0.5, 0.6) is 0 Å². The van der Waals surface area contributed by atoms with E-state index in [1.54, 1.807) is 0 Å². The van der Waals surface area contributed by atoms with E-state index in [1.165, 1.54) is 0 Å². The number of carbonyl (C=O) groups is 2. The van der Waals surface area contributed by atoms with Gasteiger partial charge in [0.05, 0.1) is 12.2 Å². The van der Waals surface area contributed by atoms with Crippen LogP contribution in [-0.2, 0) is 9.53 Å². The van der Waals surface area contributed by atoms with Crippen LogP contribution in [0, 0.1) is 11.8 Å². The Balaban J connectivity index is 1.40. The second kappa shape index (κ2) is 10.2. The monoisotopic (exact) mass is 387 g/mol. The highest BCUT2D eigenvalue weighted by Crippen LogP contribution is 2.44. The molecular formula is C21H29N3O4. The number of carbonyl (C=O) groups excluding carboxylic acids is 1. The van der Waals surface area contributed by atoms with Crippen LogP contribution in [0.15, 0.2) is 42.5 Å². The Bertz CT molecular complexity index is 679. The van der Waals surface area contributed by atoms with E-state index in [2.05, 4.69) is 28.3 Å². The number of rotatable bonds is 10. The molecule has 2 aliphatic heterocycles. The zero-order chi connectivity index (χ0) is 19.8. The van der Waals surface area contributed by atoms with E-state index in [-0.39, 0.29) is 18.6 Å². The normalized spacial score (nSPS) is 25.9. The molecule has 0 radical (unpaired) electrons. The third-order valence-corrected chi connectivity index (χ3v) is 5.50. The predicted octanol–water partition coefficient (Wildman–Crippen LogP) is 3.31. The van der Waals surface area contributed by atoms with E-state index in [4.69, 9.17) is 9.84 Å². The number of hydrogen-bond donors (Lipinski definition) is 4. The number of hydrogen-bond acceptors (Lipinski definition) is 4. The van der Waals surface area contributed by atoms with Gasteiger partial charge in [0.2, 0.25) is 0 Å². The van der Waals surface area contributed by atoms with Crippen LogP contribution in [0.3, 0.4) is 0 Å². The number of carboxylic acids is 1. The Morgan fingerprint density at radius 2 is 1.86 bits per heavy atom. The summed E-state index contributed by atoms with van der Waals surface area (Å²) >= 11 is 0. The number of benzene rings is 1. The molecule has 2 aliphatic rings. The van der Waals surface area contributed by atoms with Gasteiger partial charge in [0, 0.05) is 24.6 Å². The minimum absolute atomic E-state index is 0.213. The van der Waals surface area contributed by atoms with Crippen molar-refractivity contribution in [2.24, 2.45) is 11.8 Å². The number of aliphatic carboxylic acids is 1. The smallest absolute Gasteiger partial charge is 0.333 e. The molecular weight excluding hydrogens is 358 g/mol. The molecule has 7 heteroatoms. The maximum Gasteiger partial charge on any atom is 0.333 e. The SMILES string of the molecule is O=C(O)CCC/C=C\C[C@@H]1[C@H](CNNC(=O)Nc2ccccc2)[C@H]2CC[C@@H]1O2. The summed E-state index contributed by atoms with van der Waals surface area (Å²) in [5.74, 6) is 0.0465. The van der Waals surface area contributed by atoms with Crippen molar-refractivity contribution in [3.63, 3.8) is 0 Å². The molecule has 2 saturated heterocycles. The van der Waals surface area contributed by atoms with Gasteiger partial charge in [0.15, 0.2) is 0 Å². The summed E-state index contributed by atoms with van der Waals surface area (Å²) < 4.78 is 6.08. The lowest BCUT2D eigenvalue weighted by Gasteiger charge is -2.27. The van der Waals surface area contributed by atoms with Gasteiger partial charge in [-0.15, -0.1) is 0 Å². The van der Waals surface area contributed by atoms with Crippen LogP contribution in [0.2, 0.25) is 0 Å². The number of nitrogens with one attached hydrogen (secondary N) is 3. The second-order valence-corrected chi connectivity index (χ2v) is 7.44. The minimum Gasteiger partial charge on any atom is -0.481 e. The Kier molecular flexibility index (Phi) is 7.45. The number of fused-ring (bicyclic) bond motifs is 2. The number of urea groups is 1. The lowest BCUT2D eigenvalue weighted by molar-refractivity contribution is -0.137. The number of allylic oxidation sites excluding steroid dienone is 2. The molecule has 0 saturated carbocycles. The number of anilines is 1. The summed E-state index contributed by atoms with van der Waals surface area (Å²) in [6.07, 6.45) is 9.54. The van der Waals surface area contributed by atoms with Crippen molar-refractivity contribution in [2.75, 3.05) is 11.9 Å². The highest BCUT2D eigenvalue weighted by molar-refractivity contribution is 5.88. The summed E-state index contributed by atoms with van der Waals surface area (Å²) in [6.45, 7) is 0.668. The molecule has 4 N–H and O–H groups in total. The molecule has 28 heavy (non-hydrogen) atoms. The van der Waals surface area contributed by atoms with Crippen LogP contribution in [0.1, 0.15) is 38.5 Å². The fraction of sp³-hybridized carbons (Fsp3) is 0.524. The van der Waals surface area contributed by atoms with Gasteiger partial charge in [0.1, 0.15) is 0 Å². The number of ether oxygens (including phenoxy) is 1. The Hall–Kier alpha value is -2.38. The first-order chi connectivity index (χ1) is 13.6. The summed E-state index contributed by atoms with van der Waals surface area (Å²) in [7, 11) is 0. The van der Waals surface area contributed by atoms with Crippen molar-refractivity contribution in [3.05, 3.63) is 42.5 Å². The van der Waals surface area contributed by atoms with Gasteiger partial charge >= 0.3 is 12.0 Å².